The van der Waals surface area contributed by atoms with Gasteiger partial charge < -0.3 is 4.90 Å². The quantitative estimate of drug-likeness (QED) is 0.767. The summed E-state index contributed by atoms with van der Waals surface area (Å²) in [4.78, 5) is 13.7. The molecular formula is C12H23NO3S. The first kappa shape index (κ1) is 14.5. The van der Waals surface area contributed by atoms with Gasteiger partial charge in [-0.05, 0) is 24.7 Å². The van der Waals surface area contributed by atoms with E-state index in [9.17, 15) is 13.2 Å². The molecule has 0 atom stereocenters. The molecule has 0 aromatic rings. The third-order valence-corrected chi connectivity index (χ3v) is 4.17. The van der Waals surface area contributed by atoms with Crippen LogP contribution in [0.5, 0.6) is 0 Å². The number of likely N-dealkylation sites (tertiary alicyclic amines) is 1. The van der Waals surface area contributed by atoms with E-state index < -0.39 is 9.84 Å². The van der Waals surface area contributed by atoms with Crippen molar-refractivity contribution in [1.29, 1.82) is 0 Å². The molecule has 1 rings (SSSR count). The Balaban J connectivity index is 2.38. The Bertz CT molecular complexity index is 354. The summed E-state index contributed by atoms with van der Waals surface area (Å²) < 4.78 is 22.4. The summed E-state index contributed by atoms with van der Waals surface area (Å²) in [6.45, 7) is 5.50. The van der Waals surface area contributed by atoms with Crippen LogP contribution in [0.3, 0.4) is 0 Å². The van der Waals surface area contributed by atoms with Crippen molar-refractivity contribution in [3.63, 3.8) is 0 Å². The monoisotopic (exact) mass is 261 g/mol. The van der Waals surface area contributed by atoms with E-state index >= 15 is 0 Å². The lowest BCUT2D eigenvalue weighted by molar-refractivity contribution is -0.133. The zero-order valence-corrected chi connectivity index (χ0v) is 11.8. The number of carbonyl (C=O) groups excluding carboxylic acids is 1. The lowest BCUT2D eigenvalue weighted by Gasteiger charge is -2.32. The van der Waals surface area contributed by atoms with Crippen LogP contribution >= 0.6 is 0 Å². The minimum Gasteiger partial charge on any atom is -0.343 e. The van der Waals surface area contributed by atoms with E-state index in [0.29, 0.717) is 25.4 Å². The third kappa shape index (κ3) is 5.52. The van der Waals surface area contributed by atoms with Crippen molar-refractivity contribution in [2.75, 3.05) is 25.1 Å². The number of nitrogens with zero attached hydrogens (tertiary/aromatic N) is 1. The number of hydrogen-bond acceptors (Lipinski definition) is 3. The van der Waals surface area contributed by atoms with Gasteiger partial charge in [0.05, 0.1) is 5.75 Å². The third-order valence-electron chi connectivity index (χ3n) is 3.09. The Labute approximate surface area is 104 Å². The van der Waals surface area contributed by atoms with Gasteiger partial charge in [-0.15, -0.1) is 0 Å². The number of sulfone groups is 1. The van der Waals surface area contributed by atoms with Crippen molar-refractivity contribution >= 4 is 15.7 Å². The predicted molar refractivity (Wildman–Crippen MR) is 68.5 cm³/mol. The largest absolute Gasteiger partial charge is 0.343 e. The Morgan fingerprint density at radius 3 is 2.24 bits per heavy atom. The number of piperidine rings is 1. The smallest absolute Gasteiger partial charge is 0.222 e. The van der Waals surface area contributed by atoms with Crippen LogP contribution in [0, 0.1) is 11.8 Å². The summed E-state index contributed by atoms with van der Waals surface area (Å²) in [5.41, 5.74) is 0. The standard InChI is InChI=1S/C12H23NO3S/c1-10(2)8-12(14)13-6-4-11(5-7-13)9-17(3,15)16/h10-11H,4-9H2,1-3H3. The molecule has 1 saturated heterocycles. The van der Waals surface area contributed by atoms with Gasteiger partial charge in [-0.1, -0.05) is 13.8 Å². The number of carbonyl (C=O) groups is 1. The van der Waals surface area contributed by atoms with Gasteiger partial charge >= 0.3 is 0 Å². The first-order chi connectivity index (χ1) is 7.78. The second-order valence-electron chi connectivity index (χ2n) is 5.51. The highest BCUT2D eigenvalue weighted by molar-refractivity contribution is 7.90. The van der Waals surface area contributed by atoms with E-state index in [1.54, 1.807) is 0 Å². The molecule has 100 valence electrons. The zero-order valence-electron chi connectivity index (χ0n) is 11.0. The lowest BCUT2D eigenvalue weighted by Crippen LogP contribution is -2.40. The number of rotatable bonds is 4. The van der Waals surface area contributed by atoms with Gasteiger partial charge in [0.25, 0.3) is 0 Å². The molecule has 1 amide bonds. The summed E-state index contributed by atoms with van der Waals surface area (Å²) in [6, 6.07) is 0. The molecule has 1 heterocycles. The van der Waals surface area contributed by atoms with Crippen LogP contribution in [0.25, 0.3) is 0 Å². The van der Waals surface area contributed by atoms with Gasteiger partial charge in [0.2, 0.25) is 5.91 Å². The molecule has 0 radical (unpaired) electrons. The molecule has 0 aromatic carbocycles. The van der Waals surface area contributed by atoms with Crippen molar-refractivity contribution in [3.05, 3.63) is 0 Å². The van der Waals surface area contributed by atoms with E-state index in [1.165, 1.54) is 6.26 Å². The minimum absolute atomic E-state index is 0.206. The molecule has 0 spiro atoms. The molecule has 17 heavy (non-hydrogen) atoms. The highest BCUT2D eigenvalue weighted by atomic mass is 32.2. The summed E-state index contributed by atoms with van der Waals surface area (Å²) >= 11 is 0. The van der Waals surface area contributed by atoms with E-state index in [-0.39, 0.29) is 17.6 Å². The van der Waals surface area contributed by atoms with Crippen molar-refractivity contribution in [3.8, 4) is 0 Å². The maximum absolute atomic E-state index is 11.8. The fourth-order valence-electron chi connectivity index (χ4n) is 2.26. The van der Waals surface area contributed by atoms with Crippen LogP contribution in [0.15, 0.2) is 0 Å². The summed E-state index contributed by atoms with van der Waals surface area (Å²) in [5, 5.41) is 0. The highest BCUT2D eigenvalue weighted by Crippen LogP contribution is 2.20. The second-order valence-corrected chi connectivity index (χ2v) is 7.70. The molecule has 1 fully saturated rings. The van der Waals surface area contributed by atoms with E-state index in [0.717, 1.165) is 12.8 Å². The van der Waals surface area contributed by atoms with E-state index in [2.05, 4.69) is 0 Å². The van der Waals surface area contributed by atoms with Crippen molar-refractivity contribution in [2.45, 2.75) is 33.1 Å². The van der Waals surface area contributed by atoms with Crippen LogP contribution in [-0.4, -0.2) is 44.3 Å². The van der Waals surface area contributed by atoms with Gasteiger partial charge in [-0.25, -0.2) is 8.42 Å². The Kier molecular flexibility index (Phi) is 4.98. The minimum atomic E-state index is -2.88. The molecule has 0 bridgehead atoms. The van der Waals surface area contributed by atoms with Crippen LogP contribution in [0.1, 0.15) is 33.1 Å². The maximum Gasteiger partial charge on any atom is 0.222 e. The Morgan fingerprint density at radius 2 is 1.82 bits per heavy atom. The molecule has 0 saturated carbocycles. The molecule has 1 aliphatic heterocycles. The van der Waals surface area contributed by atoms with Gasteiger partial charge in [-0.3, -0.25) is 4.79 Å². The molecule has 5 heteroatoms. The van der Waals surface area contributed by atoms with Gasteiger partial charge in [0, 0.05) is 25.8 Å². The SMILES string of the molecule is CC(C)CC(=O)N1CCC(CS(C)(=O)=O)CC1. The zero-order chi connectivity index (χ0) is 13.1. The van der Waals surface area contributed by atoms with Crippen molar-refractivity contribution < 1.29 is 13.2 Å². The first-order valence-electron chi connectivity index (χ1n) is 6.23. The average Bonchev–Trinajstić information content (AvgIpc) is 2.15. The topological polar surface area (TPSA) is 54.5 Å². The molecule has 0 aliphatic carbocycles. The molecule has 1 aliphatic rings. The normalized spacial score (nSPS) is 18.7. The molecule has 0 unspecified atom stereocenters. The first-order valence-corrected chi connectivity index (χ1v) is 8.29. The fraction of sp³-hybridized carbons (Fsp3) is 0.917. The predicted octanol–water partition coefficient (Wildman–Crippen LogP) is 1.32. The molecule has 4 nitrogen and oxygen atoms in total. The Morgan fingerprint density at radius 1 is 1.29 bits per heavy atom. The summed E-state index contributed by atoms with van der Waals surface area (Å²) in [5.74, 6) is 1.08. The summed E-state index contributed by atoms with van der Waals surface area (Å²) in [6.07, 6.45) is 3.51. The number of amides is 1. The van der Waals surface area contributed by atoms with Crippen LogP contribution in [-0.2, 0) is 14.6 Å². The van der Waals surface area contributed by atoms with Gasteiger partial charge in [-0.2, -0.15) is 0 Å². The van der Waals surface area contributed by atoms with Crippen LogP contribution in [0.2, 0.25) is 0 Å². The van der Waals surface area contributed by atoms with Crippen LogP contribution in [0.4, 0.5) is 0 Å². The average molecular weight is 261 g/mol. The number of hydrogen-bond donors (Lipinski definition) is 0. The van der Waals surface area contributed by atoms with E-state index in [1.807, 2.05) is 18.7 Å². The molecule has 0 aromatic heterocycles. The Hall–Kier alpha value is -0.580. The highest BCUT2D eigenvalue weighted by Gasteiger charge is 2.25. The molecule has 0 N–H and O–H groups in total. The van der Waals surface area contributed by atoms with Crippen molar-refractivity contribution in [1.82, 2.24) is 4.90 Å². The maximum atomic E-state index is 11.8. The van der Waals surface area contributed by atoms with Crippen LogP contribution < -0.4 is 0 Å². The van der Waals surface area contributed by atoms with E-state index in [4.69, 9.17) is 0 Å². The van der Waals surface area contributed by atoms with Crippen molar-refractivity contribution in [2.24, 2.45) is 11.8 Å². The fourth-order valence-corrected chi connectivity index (χ4v) is 3.45. The molecular weight excluding hydrogens is 238 g/mol. The second kappa shape index (κ2) is 5.85. The summed E-state index contributed by atoms with van der Waals surface area (Å²) in [7, 11) is -2.88. The lowest BCUT2D eigenvalue weighted by atomic mass is 9.98. The van der Waals surface area contributed by atoms with Gasteiger partial charge in [0.15, 0.2) is 0 Å². The van der Waals surface area contributed by atoms with Gasteiger partial charge in [0.1, 0.15) is 9.84 Å².